The molecule has 0 aromatic heterocycles. The second-order valence-corrected chi connectivity index (χ2v) is 9.59. The van der Waals surface area contributed by atoms with Crippen molar-refractivity contribution in [1.29, 1.82) is 0 Å². The van der Waals surface area contributed by atoms with Gasteiger partial charge in [-0.05, 0) is 47.9 Å². The van der Waals surface area contributed by atoms with E-state index >= 15 is 0 Å². The third-order valence-corrected chi connectivity index (χ3v) is 7.34. The molecule has 0 radical (unpaired) electrons. The van der Waals surface area contributed by atoms with Gasteiger partial charge in [-0.1, -0.05) is 48.5 Å². The van der Waals surface area contributed by atoms with Gasteiger partial charge < -0.3 is 24.8 Å². The third kappa shape index (κ3) is 5.03. The molecule has 2 fully saturated rings. The van der Waals surface area contributed by atoms with Gasteiger partial charge in [0.05, 0.1) is 6.10 Å². The van der Waals surface area contributed by atoms with Crippen LogP contribution in [0, 0.1) is 5.92 Å². The number of alkyl carbamates (subject to hydrolysis) is 1. The summed E-state index contributed by atoms with van der Waals surface area (Å²) >= 11 is 0. The molecule has 0 unspecified atom stereocenters. The summed E-state index contributed by atoms with van der Waals surface area (Å²) in [5.74, 6) is -0.936. The van der Waals surface area contributed by atoms with Crippen molar-refractivity contribution >= 4 is 18.0 Å². The topological polar surface area (TPSA) is 105 Å². The maximum absolute atomic E-state index is 12.7. The highest BCUT2D eigenvalue weighted by Gasteiger charge is 2.37. The van der Waals surface area contributed by atoms with Gasteiger partial charge in [0.15, 0.2) is 0 Å². The summed E-state index contributed by atoms with van der Waals surface area (Å²) in [5, 5.41) is 11.7. The summed E-state index contributed by atoms with van der Waals surface area (Å²) in [4.78, 5) is 37.5. The van der Waals surface area contributed by atoms with Gasteiger partial charge in [0.25, 0.3) is 0 Å². The Labute approximate surface area is 204 Å². The van der Waals surface area contributed by atoms with Crippen LogP contribution >= 0.6 is 0 Å². The minimum Gasteiger partial charge on any atom is -0.480 e. The number of likely N-dealkylation sites (tertiary alicyclic amines) is 1. The van der Waals surface area contributed by atoms with E-state index in [0.29, 0.717) is 25.9 Å². The maximum atomic E-state index is 12.7. The molecule has 1 saturated carbocycles. The molecule has 35 heavy (non-hydrogen) atoms. The highest BCUT2D eigenvalue weighted by Crippen LogP contribution is 2.44. The summed E-state index contributed by atoms with van der Waals surface area (Å²) in [6, 6.07) is 16.5. The molecule has 1 aliphatic heterocycles. The van der Waals surface area contributed by atoms with Crippen molar-refractivity contribution < 1.29 is 29.0 Å². The van der Waals surface area contributed by atoms with Gasteiger partial charge in [-0.15, -0.1) is 0 Å². The van der Waals surface area contributed by atoms with Crippen LogP contribution in [-0.4, -0.2) is 66.4 Å². The number of carboxylic acid groups (broad SMARTS) is 1. The first-order chi connectivity index (χ1) is 17.0. The Morgan fingerprint density at radius 2 is 1.51 bits per heavy atom. The first kappa shape index (κ1) is 23.4. The Balaban J connectivity index is 1.06. The Kier molecular flexibility index (Phi) is 6.72. The molecule has 0 bridgehead atoms. The van der Waals surface area contributed by atoms with Crippen LogP contribution in [0.25, 0.3) is 11.1 Å². The van der Waals surface area contributed by atoms with Crippen molar-refractivity contribution in [1.82, 2.24) is 10.2 Å². The van der Waals surface area contributed by atoms with Crippen molar-refractivity contribution in [3.63, 3.8) is 0 Å². The molecule has 0 atom stereocenters. The number of fused-ring (bicyclic) bond motifs is 3. The van der Waals surface area contributed by atoms with Crippen LogP contribution in [0.4, 0.5) is 4.79 Å². The maximum Gasteiger partial charge on any atom is 0.407 e. The summed E-state index contributed by atoms with van der Waals surface area (Å²) in [5.41, 5.74) is 4.76. The van der Waals surface area contributed by atoms with E-state index in [4.69, 9.17) is 14.6 Å². The molecule has 2 aromatic carbocycles. The lowest BCUT2D eigenvalue weighted by molar-refractivity contribution is -0.157. The summed E-state index contributed by atoms with van der Waals surface area (Å²) in [6.07, 6.45) is 2.28. The molecule has 1 saturated heterocycles. The second kappa shape index (κ2) is 10.1. The number of amides is 2. The summed E-state index contributed by atoms with van der Waals surface area (Å²) in [6.45, 7) is 0.848. The molecular formula is C27H30N2O6. The van der Waals surface area contributed by atoms with E-state index in [-0.39, 0.29) is 43.1 Å². The average Bonchev–Trinajstić information content (AvgIpc) is 3.15. The lowest BCUT2D eigenvalue weighted by atomic mass is 9.84. The molecule has 2 N–H and O–H groups in total. The van der Waals surface area contributed by atoms with Crippen molar-refractivity contribution in [2.75, 3.05) is 26.3 Å². The van der Waals surface area contributed by atoms with Gasteiger partial charge in [-0.3, -0.25) is 4.79 Å². The van der Waals surface area contributed by atoms with Gasteiger partial charge >= 0.3 is 12.1 Å². The van der Waals surface area contributed by atoms with Crippen LogP contribution in [0.15, 0.2) is 48.5 Å². The molecule has 2 aliphatic carbocycles. The number of carbonyl (C=O) groups excluding carboxylic acids is 2. The van der Waals surface area contributed by atoms with Gasteiger partial charge in [0.2, 0.25) is 5.91 Å². The predicted octanol–water partition coefficient (Wildman–Crippen LogP) is 3.40. The standard InChI is InChI=1S/C27H30N2O6/c30-25(31)16-34-19-13-29(14-19)26(32)17-9-11-18(12-10-17)28-27(33)35-15-24-22-7-3-1-5-20(22)21-6-2-4-8-23(21)24/h1-8,17-19,24H,9-16H2,(H,28,33)(H,30,31). The molecule has 3 aliphatic rings. The fourth-order valence-electron chi connectivity index (χ4n) is 5.46. The zero-order chi connectivity index (χ0) is 24.4. The minimum atomic E-state index is -1.00. The number of hydrogen-bond donors (Lipinski definition) is 2. The Morgan fingerprint density at radius 1 is 0.914 bits per heavy atom. The number of carbonyl (C=O) groups is 3. The van der Waals surface area contributed by atoms with E-state index in [1.807, 2.05) is 24.3 Å². The summed E-state index contributed by atoms with van der Waals surface area (Å²) < 4.78 is 10.9. The molecule has 1 heterocycles. The van der Waals surface area contributed by atoms with Gasteiger partial charge in [-0.25, -0.2) is 9.59 Å². The lowest BCUT2D eigenvalue weighted by Crippen LogP contribution is -2.57. The van der Waals surface area contributed by atoms with Crippen molar-refractivity contribution in [3.05, 3.63) is 59.7 Å². The van der Waals surface area contributed by atoms with Crippen LogP contribution in [0.5, 0.6) is 0 Å². The number of carboxylic acids is 1. The zero-order valence-corrected chi connectivity index (χ0v) is 19.5. The monoisotopic (exact) mass is 478 g/mol. The van der Waals surface area contributed by atoms with Crippen LogP contribution < -0.4 is 5.32 Å². The van der Waals surface area contributed by atoms with Gasteiger partial charge in [0.1, 0.15) is 13.2 Å². The van der Waals surface area contributed by atoms with E-state index in [9.17, 15) is 14.4 Å². The Hall–Kier alpha value is -3.39. The molecule has 5 rings (SSSR count). The number of nitrogens with zero attached hydrogens (tertiary/aromatic N) is 1. The van der Waals surface area contributed by atoms with E-state index in [0.717, 1.165) is 12.8 Å². The lowest BCUT2D eigenvalue weighted by Gasteiger charge is -2.41. The largest absolute Gasteiger partial charge is 0.480 e. The van der Waals surface area contributed by atoms with Crippen LogP contribution in [0.2, 0.25) is 0 Å². The number of nitrogens with one attached hydrogen (secondary N) is 1. The first-order valence-electron chi connectivity index (χ1n) is 12.2. The minimum absolute atomic E-state index is 0.00209. The quantitative estimate of drug-likeness (QED) is 0.632. The van der Waals surface area contributed by atoms with E-state index < -0.39 is 12.1 Å². The van der Waals surface area contributed by atoms with Crippen molar-refractivity contribution in [2.24, 2.45) is 5.92 Å². The van der Waals surface area contributed by atoms with Crippen LogP contribution in [-0.2, 0) is 19.1 Å². The van der Waals surface area contributed by atoms with Crippen molar-refractivity contribution in [3.8, 4) is 11.1 Å². The first-order valence-corrected chi connectivity index (χ1v) is 12.2. The Morgan fingerprint density at radius 3 is 2.11 bits per heavy atom. The average molecular weight is 479 g/mol. The van der Waals surface area contributed by atoms with Crippen molar-refractivity contribution in [2.45, 2.75) is 43.7 Å². The van der Waals surface area contributed by atoms with Crippen LogP contribution in [0.3, 0.4) is 0 Å². The number of aliphatic carboxylic acids is 1. The normalized spacial score (nSPS) is 21.5. The fraction of sp³-hybridized carbons (Fsp3) is 0.444. The highest BCUT2D eigenvalue weighted by atomic mass is 16.5. The van der Waals surface area contributed by atoms with E-state index in [1.165, 1.54) is 22.3 Å². The number of hydrogen-bond acceptors (Lipinski definition) is 5. The smallest absolute Gasteiger partial charge is 0.407 e. The molecular weight excluding hydrogens is 448 g/mol. The van der Waals surface area contributed by atoms with Gasteiger partial charge in [-0.2, -0.15) is 0 Å². The number of benzene rings is 2. The van der Waals surface area contributed by atoms with Gasteiger partial charge in [0, 0.05) is 31.0 Å². The summed E-state index contributed by atoms with van der Waals surface area (Å²) in [7, 11) is 0. The fourth-order valence-corrected chi connectivity index (χ4v) is 5.46. The second-order valence-electron chi connectivity index (χ2n) is 9.59. The molecule has 8 heteroatoms. The molecule has 2 amide bonds. The number of ether oxygens (including phenoxy) is 2. The predicted molar refractivity (Wildman–Crippen MR) is 128 cm³/mol. The zero-order valence-electron chi connectivity index (χ0n) is 19.5. The van der Waals surface area contributed by atoms with Crippen LogP contribution in [0.1, 0.15) is 42.7 Å². The molecule has 8 nitrogen and oxygen atoms in total. The van der Waals surface area contributed by atoms with E-state index in [2.05, 4.69) is 29.6 Å². The molecule has 2 aromatic rings. The number of rotatable bonds is 7. The molecule has 0 spiro atoms. The van der Waals surface area contributed by atoms with E-state index in [1.54, 1.807) is 4.90 Å². The molecule has 184 valence electrons. The highest BCUT2D eigenvalue weighted by molar-refractivity contribution is 5.80. The Bertz CT molecular complexity index is 1060. The SMILES string of the molecule is O=C(O)COC1CN(C(=O)C2CCC(NC(=O)OCC3c4ccccc4-c4ccccc43)CC2)C1. The third-order valence-electron chi connectivity index (χ3n) is 7.34.